The van der Waals surface area contributed by atoms with E-state index in [9.17, 15) is 18.3 Å². The zero-order chi connectivity index (χ0) is 13.6. The van der Waals surface area contributed by atoms with Crippen molar-refractivity contribution >= 4 is 15.8 Å². The highest BCUT2D eigenvalue weighted by atomic mass is 32.2. The molecule has 3 rings (SSSR count). The second-order valence-corrected chi connectivity index (χ2v) is 7.52. The van der Waals surface area contributed by atoms with Crippen LogP contribution in [0.2, 0.25) is 0 Å². The van der Waals surface area contributed by atoms with Gasteiger partial charge in [-0.05, 0) is 32.1 Å². The monoisotopic (exact) mass is 284 g/mol. The first-order valence-electron chi connectivity index (χ1n) is 6.51. The lowest BCUT2D eigenvalue weighted by atomic mass is 10.0. The summed E-state index contributed by atoms with van der Waals surface area (Å²) in [6, 6.07) is -0.669. The third kappa shape index (κ3) is 1.96. The maximum Gasteiger partial charge on any atom is 0.326 e. The van der Waals surface area contributed by atoms with Crippen LogP contribution in [0.5, 0.6) is 0 Å². The van der Waals surface area contributed by atoms with Gasteiger partial charge in [0.05, 0.1) is 5.75 Å². The average molecular weight is 284 g/mol. The van der Waals surface area contributed by atoms with E-state index in [-0.39, 0.29) is 5.75 Å². The van der Waals surface area contributed by atoms with Crippen LogP contribution in [-0.2, 0) is 21.1 Å². The van der Waals surface area contributed by atoms with E-state index in [1.165, 1.54) is 0 Å². The average Bonchev–Trinajstić information content (AvgIpc) is 2.91. The van der Waals surface area contributed by atoms with Gasteiger partial charge < -0.3 is 9.67 Å². The van der Waals surface area contributed by atoms with E-state index in [0.717, 1.165) is 18.5 Å². The quantitative estimate of drug-likeness (QED) is 0.878. The molecule has 1 aromatic rings. The number of aryl methyl sites for hydroxylation is 1. The molecule has 1 N–H and O–H groups in total. The number of aromatic nitrogens is 2. The van der Waals surface area contributed by atoms with Crippen LogP contribution in [0.4, 0.5) is 0 Å². The van der Waals surface area contributed by atoms with E-state index in [1.807, 2.05) is 0 Å². The van der Waals surface area contributed by atoms with Crippen molar-refractivity contribution in [2.45, 2.75) is 43.4 Å². The Labute approximate surface area is 111 Å². The van der Waals surface area contributed by atoms with Gasteiger partial charge in [-0.3, -0.25) is 0 Å². The SMILES string of the molecule is O=C(O)C1CCCc2cnc(C3CCCS3(=O)=O)n21. The number of hydrogen-bond acceptors (Lipinski definition) is 4. The summed E-state index contributed by atoms with van der Waals surface area (Å²) in [6.07, 6.45) is 4.93. The van der Waals surface area contributed by atoms with Crippen molar-refractivity contribution in [3.63, 3.8) is 0 Å². The lowest BCUT2D eigenvalue weighted by Gasteiger charge is -2.25. The highest BCUT2D eigenvalue weighted by Gasteiger charge is 2.39. The minimum atomic E-state index is -3.17. The molecule has 0 aromatic carbocycles. The normalized spacial score (nSPS) is 29.1. The van der Waals surface area contributed by atoms with Crippen LogP contribution in [0.3, 0.4) is 0 Å². The molecule has 2 unspecified atom stereocenters. The van der Waals surface area contributed by atoms with Crippen LogP contribution in [0.15, 0.2) is 6.20 Å². The van der Waals surface area contributed by atoms with Crippen LogP contribution in [-0.4, -0.2) is 34.8 Å². The molecule has 1 saturated heterocycles. The summed E-state index contributed by atoms with van der Waals surface area (Å²) < 4.78 is 25.7. The fraction of sp³-hybridized carbons (Fsp3) is 0.667. The minimum absolute atomic E-state index is 0.178. The summed E-state index contributed by atoms with van der Waals surface area (Å²) in [4.78, 5) is 15.6. The molecule has 19 heavy (non-hydrogen) atoms. The highest BCUT2D eigenvalue weighted by Crippen LogP contribution is 2.37. The molecule has 0 amide bonds. The Hall–Kier alpha value is -1.37. The molecule has 7 heteroatoms. The smallest absolute Gasteiger partial charge is 0.326 e. The molecule has 3 heterocycles. The first-order valence-corrected chi connectivity index (χ1v) is 8.22. The highest BCUT2D eigenvalue weighted by molar-refractivity contribution is 7.91. The molecule has 1 aromatic heterocycles. The zero-order valence-electron chi connectivity index (χ0n) is 10.4. The number of hydrogen-bond donors (Lipinski definition) is 1. The van der Waals surface area contributed by atoms with E-state index in [2.05, 4.69) is 4.98 Å². The second-order valence-electron chi connectivity index (χ2n) is 5.22. The van der Waals surface area contributed by atoms with E-state index >= 15 is 0 Å². The fourth-order valence-electron chi connectivity index (χ4n) is 3.12. The molecule has 0 bridgehead atoms. The first kappa shape index (κ1) is 12.7. The maximum atomic E-state index is 12.0. The van der Waals surface area contributed by atoms with Crippen LogP contribution < -0.4 is 0 Å². The van der Waals surface area contributed by atoms with Gasteiger partial charge in [0.2, 0.25) is 0 Å². The van der Waals surface area contributed by atoms with E-state index < -0.39 is 27.1 Å². The van der Waals surface area contributed by atoms with Gasteiger partial charge in [-0.2, -0.15) is 0 Å². The summed E-state index contributed by atoms with van der Waals surface area (Å²) in [5, 5.41) is 8.68. The van der Waals surface area contributed by atoms with Crippen molar-refractivity contribution in [1.29, 1.82) is 0 Å². The number of aliphatic carboxylic acids is 1. The van der Waals surface area contributed by atoms with Crippen molar-refractivity contribution in [3.8, 4) is 0 Å². The molecular weight excluding hydrogens is 268 g/mol. The molecule has 2 aliphatic heterocycles. The molecule has 0 saturated carbocycles. The predicted molar refractivity (Wildman–Crippen MR) is 67.6 cm³/mol. The van der Waals surface area contributed by atoms with Crippen molar-refractivity contribution < 1.29 is 18.3 Å². The Balaban J connectivity index is 2.09. The van der Waals surface area contributed by atoms with E-state index in [1.54, 1.807) is 10.8 Å². The molecule has 0 spiro atoms. The molecule has 2 atom stereocenters. The minimum Gasteiger partial charge on any atom is -0.480 e. The number of fused-ring (bicyclic) bond motifs is 1. The van der Waals surface area contributed by atoms with Gasteiger partial charge in [0.25, 0.3) is 0 Å². The number of carboxylic acid groups (broad SMARTS) is 1. The predicted octanol–water partition coefficient (Wildman–Crippen LogP) is 1.09. The molecule has 0 radical (unpaired) electrons. The number of nitrogens with zero attached hydrogens (tertiary/aromatic N) is 2. The Morgan fingerprint density at radius 1 is 1.37 bits per heavy atom. The van der Waals surface area contributed by atoms with Gasteiger partial charge in [-0.25, -0.2) is 18.2 Å². The molecule has 1 fully saturated rings. The number of sulfone groups is 1. The van der Waals surface area contributed by atoms with Crippen molar-refractivity contribution in [2.75, 3.05) is 5.75 Å². The van der Waals surface area contributed by atoms with Gasteiger partial charge in [0, 0.05) is 11.9 Å². The van der Waals surface area contributed by atoms with Gasteiger partial charge in [-0.15, -0.1) is 0 Å². The first-order chi connectivity index (χ1) is 9.00. The summed E-state index contributed by atoms with van der Waals surface area (Å²) in [5.41, 5.74) is 0.843. The van der Waals surface area contributed by atoms with Gasteiger partial charge >= 0.3 is 5.97 Å². The zero-order valence-corrected chi connectivity index (χ0v) is 11.3. The molecular formula is C12H16N2O4S. The second kappa shape index (κ2) is 4.33. The fourth-order valence-corrected chi connectivity index (χ4v) is 4.99. The lowest BCUT2D eigenvalue weighted by molar-refractivity contribution is -0.141. The summed E-state index contributed by atoms with van der Waals surface area (Å²) in [5.74, 6) is -0.298. The maximum absolute atomic E-state index is 12.0. The van der Waals surface area contributed by atoms with E-state index in [0.29, 0.717) is 25.1 Å². The van der Waals surface area contributed by atoms with Crippen molar-refractivity contribution in [3.05, 3.63) is 17.7 Å². The standard InChI is InChI=1S/C12H16N2O4S/c15-12(16)9-4-1-3-8-7-13-11(14(8)9)10-5-2-6-19(10,17)18/h7,9-10H,1-6H2,(H,15,16). The molecule has 6 nitrogen and oxygen atoms in total. The van der Waals surface area contributed by atoms with Gasteiger partial charge in [0.1, 0.15) is 17.1 Å². The Kier molecular flexibility index (Phi) is 2.88. The third-order valence-corrected chi connectivity index (χ3v) is 6.20. The van der Waals surface area contributed by atoms with Crippen LogP contribution >= 0.6 is 0 Å². The van der Waals surface area contributed by atoms with Crippen molar-refractivity contribution in [2.24, 2.45) is 0 Å². The topological polar surface area (TPSA) is 89.3 Å². The number of rotatable bonds is 2. The van der Waals surface area contributed by atoms with E-state index in [4.69, 9.17) is 0 Å². The molecule has 2 aliphatic rings. The number of carboxylic acids is 1. The van der Waals surface area contributed by atoms with Crippen LogP contribution in [0.1, 0.15) is 48.5 Å². The summed E-state index contributed by atoms with van der Waals surface area (Å²) in [6.45, 7) is 0. The largest absolute Gasteiger partial charge is 0.480 e. The van der Waals surface area contributed by atoms with Crippen molar-refractivity contribution in [1.82, 2.24) is 9.55 Å². The van der Waals surface area contributed by atoms with Crippen LogP contribution in [0.25, 0.3) is 0 Å². The Morgan fingerprint density at radius 2 is 2.16 bits per heavy atom. The lowest BCUT2D eigenvalue weighted by Crippen LogP contribution is -2.28. The summed E-state index contributed by atoms with van der Waals surface area (Å²) >= 11 is 0. The third-order valence-electron chi connectivity index (χ3n) is 4.03. The molecule has 104 valence electrons. The number of imidazole rings is 1. The Bertz CT molecular complexity index is 620. The van der Waals surface area contributed by atoms with Gasteiger partial charge in [0.15, 0.2) is 9.84 Å². The summed E-state index contributed by atoms with van der Waals surface area (Å²) in [7, 11) is -3.17. The molecule has 0 aliphatic carbocycles. The van der Waals surface area contributed by atoms with Crippen LogP contribution in [0, 0.1) is 0 Å². The number of carbonyl (C=O) groups is 1. The Morgan fingerprint density at radius 3 is 2.79 bits per heavy atom. The van der Waals surface area contributed by atoms with Gasteiger partial charge in [-0.1, -0.05) is 0 Å².